The van der Waals surface area contributed by atoms with Gasteiger partial charge in [0.25, 0.3) is 0 Å². The van der Waals surface area contributed by atoms with Crippen LogP contribution < -0.4 is 5.32 Å². The van der Waals surface area contributed by atoms with Crippen LogP contribution in [0.4, 0.5) is 10.8 Å². The van der Waals surface area contributed by atoms with Crippen molar-refractivity contribution in [2.45, 2.75) is 4.34 Å². The number of hydrogen-bond acceptors (Lipinski definition) is 8. The Kier molecular flexibility index (Phi) is 5.57. The van der Waals surface area contributed by atoms with Gasteiger partial charge in [-0.1, -0.05) is 45.1 Å². The molecule has 0 saturated carbocycles. The van der Waals surface area contributed by atoms with E-state index < -0.39 is 0 Å². The molecule has 0 bridgehead atoms. The van der Waals surface area contributed by atoms with Crippen molar-refractivity contribution in [2.75, 3.05) is 11.1 Å². The highest BCUT2D eigenvalue weighted by atomic mass is 79.9. The maximum absolute atomic E-state index is 12.1. The normalized spacial score (nSPS) is 10.6. The Morgan fingerprint density at radius 3 is 2.76 bits per heavy atom. The number of thioether (sulfide) groups is 1. The van der Waals surface area contributed by atoms with Crippen LogP contribution in [-0.2, 0) is 0 Å². The summed E-state index contributed by atoms with van der Waals surface area (Å²) in [5.41, 5.74) is 1.22. The zero-order valence-electron chi connectivity index (χ0n) is 12.6. The number of carbonyl (C=O) groups excluding carboxylic acids is 1. The van der Waals surface area contributed by atoms with Crippen molar-refractivity contribution in [1.82, 2.24) is 10.2 Å². The number of benzene rings is 2. The van der Waals surface area contributed by atoms with Crippen LogP contribution in [0.2, 0.25) is 0 Å². The van der Waals surface area contributed by atoms with Crippen molar-refractivity contribution < 1.29 is 15.0 Å². The zero-order valence-corrected chi connectivity index (χ0v) is 15.9. The fraction of sp³-hybridized carbons (Fsp3) is 0.0625. The molecule has 0 radical (unpaired) electrons. The van der Waals surface area contributed by atoms with E-state index in [1.54, 1.807) is 0 Å². The molecule has 25 heavy (non-hydrogen) atoms. The van der Waals surface area contributed by atoms with E-state index in [2.05, 4.69) is 31.4 Å². The van der Waals surface area contributed by atoms with Gasteiger partial charge in [0, 0.05) is 15.7 Å². The number of phenols is 2. The molecule has 0 aliphatic rings. The Morgan fingerprint density at radius 1 is 1.16 bits per heavy atom. The van der Waals surface area contributed by atoms with Gasteiger partial charge in [-0.25, -0.2) is 0 Å². The molecule has 3 rings (SSSR count). The summed E-state index contributed by atoms with van der Waals surface area (Å²) >= 11 is 6.02. The van der Waals surface area contributed by atoms with Gasteiger partial charge in [-0.05, 0) is 36.4 Å². The predicted molar refractivity (Wildman–Crippen MR) is 102 cm³/mol. The van der Waals surface area contributed by atoms with E-state index in [0.29, 0.717) is 15.0 Å². The third kappa shape index (κ3) is 4.71. The summed E-state index contributed by atoms with van der Waals surface area (Å²) in [4.78, 5) is 12.1. The van der Waals surface area contributed by atoms with Crippen LogP contribution in [0.3, 0.4) is 0 Å². The van der Waals surface area contributed by atoms with Gasteiger partial charge in [0.15, 0.2) is 21.6 Å². The van der Waals surface area contributed by atoms with Gasteiger partial charge in [0.05, 0.1) is 5.75 Å². The van der Waals surface area contributed by atoms with Crippen molar-refractivity contribution in [3.63, 3.8) is 0 Å². The van der Waals surface area contributed by atoms with Crippen LogP contribution in [0.1, 0.15) is 10.4 Å². The molecule has 6 nitrogen and oxygen atoms in total. The van der Waals surface area contributed by atoms with Gasteiger partial charge >= 0.3 is 0 Å². The fourth-order valence-electron chi connectivity index (χ4n) is 1.92. The summed E-state index contributed by atoms with van der Waals surface area (Å²) in [6.45, 7) is 0. The van der Waals surface area contributed by atoms with E-state index in [9.17, 15) is 15.0 Å². The fourth-order valence-corrected chi connectivity index (χ4v) is 3.98. The van der Waals surface area contributed by atoms with E-state index in [0.717, 1.165) is 10.2 Å². The van der Waals surface area contributed by atoms with Crippen molar-refractivity contribution in [1.29, 1.82) is 0 Å². The average Bonchev–Trinajstić information content (AvgIpc) is 3.02. The first-order valence-corrected chi connectivity index (χ1v) is 9.65. The van der Waals surface area contributed by atoms with Crippen LogP contribution in [-0.4, -0.2) is 31.9 Å². The Bertz CT molecular complexity index is 917. The van der Waals surface area contributed by atoms with Gasteiger partial charge in [0.1, 0.15) is 0 Å². The van der Waals surface area contributed by atoms with Crippen molar-refractivity contribution in [2.24, 2.45) is 0 Å². The SMILES string of the molecule is O=C(CSc1nnc(Nc2cccc(Br)c2)s1)c1ccc(O)c(O)c1. The van der Waals surface area contributed by atoms with Crippen molar-refractivity contribution in [3.8, 4) is 11.5 Å². The molecule has 0 fully saturated rings. The minimum Gasteiger partial charge on any atom is -0.504 e. The molecule has 0 saturated heterocycles. The number of ketones is 1. The molecule has 128 valence electrons. The highest BCUT2D eigenvalue weighted by Gasteiger charge is 2.12. The van der Waals surface area contributed by atoms with Crippen LogP contribution >= 0.6 is 39.0 Å². The summed E-state index contributed by atoms with van der Waals surface area (Å²) < 4.78 is 1.62. The average molecular weight is 438 g/mol. The first-order valence-electron chi connectivity index (χ1n) is 7.05. The second-order valence-corrected chi connectivity index (χ2v) is 8.04. The van der Waals surface area contributed by atoms with Crippen LogP contribution in [0.25, 0.3) is 0 Å². The molecule has 0 aliphatic carbocycles. The second-order valence-electron chi connectivity index (χ2n) is 4.92. The molecular formula is C16H12BrN3O3S2. The number of halogens is 1. The van der Waals surface area contributed by atoms with Crippen LogP contribution in [0.15, 0.2) is 51.3 Å². The minimum atomic E-state index is -0.313. The maximum atomic E-state index is 12.1. The van der Waals surface area contributed by atoms with Gasteiger partial charge in [-0.15, -0.1) is 10.2 Å². The third-order valence-corrected chi connectivity index (χ3v) is 5.57. The number of rotatable bonds is 6. The lowest BCUT2D eigenvalue weighted by Gasteiger charge is -2.02. The van der Waals surface area contributed by atoms with Crippen LogP contribution in [0.5, 0.6) is 11.5 Å². The highest BCUT2D eigenvalue weighted by molar-refractivity contribution is 9.10. The first kappa shape index (κ1) is 17.7. The molecule has 0 amide bonds. The Balaban J connectivity index is 1.59. The summed E-state index contributed by atoms with van der Waals surface area (Å²) in [5.74, 6) is -0.573. The second kappa shape index (κ2) is 7.85. The topological polar surface area (TPSA) is 95.3 Å². The summed E-state index contributed by atoms with van der Waals surface area (Å²) in [6, 6.07) is 11.7. The minimum absolute atomic E-state index is 0.162. The lowest BCUT2D eigenvalue weighted by atomic mass is 10.1. The standard InChI is InChI=1S/C16H12BrN3O3S2/c17-10-2-1-3-11(7-10)18-15-19-20-16(25-15)24-8-14(23)9-4-5-12(21)13(22)6-9/h1-7,21-22H,8H2,(H,18,19). The van der Waals surface area contributed by atoms with Crippen molar-refractivity contribution >= 4 is 55.6 Å². The number of nitrogens with zero attached hydrogens (tertiary/aromatic N) is 2. The lowest BCUT2D eigenvalue weighted by Crippen LogP contribution is -2.01. The first-order chi connectivity index (χ1) is 12.0. The Labute approximate surface area is 160 Å². The molecule has 3 N–H and O–H groups in total. The molecule has 3 aromatic rings. The molecular weight excluding hydrogens is 426 g/mol. The molecule has 0 atom stereocenters. The van der Waals surface area contributed by atoms with E-state index in [-0.39, 0.29) is 23.0 Å². The maximum Gasteiger partial charge on any atom is 0.210 e. The van der Waals surface area contributed by atoms with Gasteiger partial charge < -0.3 is 15.5 Å². The van der Waals surface area contributed by atoms with Crippen molar-refractivity contribution in [3.05, 3.63) is 52.5 Å². The molecule has 9 heteroatoms. The van der Waals surface area contributed by atoms with E-state index >= 15 is 0 Å². The number of Topliss-reactive ketones (excluding diaryl/α,β-unsaturated/α-hetero) is 1. The molecule has 0 aliphatic heterocycles. The third-order valence-electron chi connectivity index (χ3n) is 3.11. The zero-order chi connectivity index (χ0) is 17.8. The summed E-state index contributed by atoms with van der Waals surface area (Å²) in [7, 11) is 0. The lowest BCUT2D eigenvalue weighted by molar-refractivity contribution is 0.102. The van der Waals surface area contributed by atoms with E-state index in [4.69, 9.17) is 0 Å². The van der Waals surface area contributed by atoms with Gasteiger partial charge in [-0.2, -0.15) is 0 Å². The van der Waals surface area contributed by atoms with Gasteiger partial charge in [0.2, 0.25) is 5.13 Å². The number of aromatic nitrogens is 2. The highest BCUT2D eigenvalue weighted by Crippen LogP contribution is 2.30. The molecule has 0 unspecified atom stereocenters. The number of anilines is 2. The van der Waals surface area contributed by atoms with Gasteiger partial charge in [-0.3, -0.25) is 4.79 Å². The van der Waals surface area contributed by atoms with E-state index in [1.165, 1.54) is 41.3 Å². The number of carbonyl (C=O) groups is 1. The number of phenolic OH excluding ortho intramolecular Hbond substituents is 2. The quantitative estimate of drug-likeness (QED) is 0.298. The largest absolute Gasteiger partial charge is 0.504 e. The Morgan fingerprint density at radius 2 is 2.00 bits per heavy atom. The van der Waals surface area contributed by atoms with Crippen LogP contribution in [0, 0.1) is 0 Å². The Hall–Kier alpha value is -2.10. The molecule has 0 spiro atoms. The summed E-state index contributed by atoms with van der Waals surface area (Å²) in [5, 5.41) is 30.6. The van der Waals surface area contributed by atoms with E-state index in [1.807, 2.05) is 24.3 Å². The molecule has 1 heterocycles. The number of nitrogens with one attached hydrogen (secondary N) is 1. The number of hydrogen-bond donors (Lipinski definition) is 3. The smallest absolute Gasteiger partial charge is 0.210 e. The molecule has 2 aromatic carbocycles. The predicted octanol–water partition coefficient (Wildman–Crippen LogP) is 4.43. The summed E-state index contributed by atoms with van der Waals surface area (Å²) in [6.07, 6.45) is 0. The molecule has 1 aromatic heterocycles. The number of aromatic hydroxyl groups is 2. The monoisotopic (exact) mass is 437 g/mol.